The smallest absolute Gasteiger partial charge is 0.259 e. The first-order valence-corrected chi connectivity index (χ1v) is 9.59. The molecular formula is C23H21FN4O2. The minimum Gasteiger partial charge on any atom is -0.395 e. The van der Waals surface area contributed by atoms with Crippen molar-refractivity contribution in [2.24, 2.45) is 0 Å². The molecule has 0 saturated carbocycles. The molecule has 2 aromatic heterocycles. The fourth-order valence-corrected chi connectivity index (χ4v) is 3.34. The van der Waals surface area contributed by atoms with Gasteiger partial charge in [-0.15, -0.1) is 0 Å². The van der Waals surface area contributed by atoms with Gasteiger partial charge in [0.05, 0.1) is 18.5 Å². The highest BCUT2D eigenvalue weighted by Crippen LogP contribution is 2.22. The maximum absolute atomic E-state index is 13.4. The summed E-state index contributed by atoms with van der Waals surface area (Å²) in [7, 11) is 0. The van der Waals surface area contributed by atoms with E-state index in [9.17, 15) is 14.3 Å². The van der Waals surface area contributed by atoms with Crippen molar-refractivity contribution in [3.05, 3.63) is 102 Å². The van der Waals surface area contributed by atoms with Crippen LogP contribution in [0.3, 0.4) is 0 Å². The largest absolute Gasteiger partial charge is 0.395 e. The monoisotopic (exact) mass is 404 g/mol. The van der Waals surface area contributed by atoms with Crippen molar-refractivity contribution in [2.45, 2.75) is 6.54 Å². The minimum atomic E-state index is -0.346. The standard InChI is InChI=1S/C23H21FN4O2/c24-19-8-10-20(11-9-19)28-22(26-12-4-5-13-26)21(16-25-28)23(30)27(14-15-29)17-18-6-2-1-3-7-18/h1-13,16,29H,14-15,17H2. The Hall–Kier alpha value is -3.71. The number of hydrogen-bond acceptors (Lipinski definition) is 3. The first-order valence-electron chi connectivity index (χ1n) is 9.59. The molecule has 7 heteroatoms. The van der Waals surface area contributed by atoms with Crippen LogP contribution in [0, 0.1) is 5.82 Å². The van der Waals surface area contributed by atoms with Gasteiger partial charge >= 0.3 is 0 Å². The van der Waals surface area contributed by atoms with Gasteiger partial charge in [-0.2, -0.15) is 5.10 Å². The Morgan fingerprint density at radius 3 is 2.37 bits per heavy atom. The van der Waals surface area contributed by atoms with Crippen molar-refractivity contribution < 1.29 is 14.3 Å². The van der Waals surface area contributed by atoms with Crippen molar-refractivity contribution in [3.63, 3.8) is 0 Å². The molecule has 0 atom stereocenters. The van der Waals surface area contributed by atoms with Crippen LogP contribution in [0.1, 0.15) is 15.9 Å². The molecule has 0 aliphatic rings. The maximum atomic E-state index is 13.4. The van der Waals surface area contributed by atoms with Crippen LogP contribution in [-0.2, 0) is 6.54 Å². The number of nitrogens with zero attached hydrogens (tertiary/aromatic N) is 4. The van der Waals surface area contributed by atoms with Gasteiger partial charge in [-0.3, -0.25) is 4.79 Å². The molecule has 0 bridgehead atoms. The first-order chi connectivity index (χ1) is 14.7. The zero-order valence-corrected chi connectivity index (χ0v) is 16.2. The third-order valence-corrected chi connectivity index (χ3v) is 4.77. The number of amides is 1. The summed E-state index contributed by atoms with van der Waals surface area (Å²) in [6, 6.07) is 19.2. The lowest BCUT2D eigenvalue weighted by atomic mass is 10.2. The van der Waals surface area contributed by atoms with Gasteiger partial charge < -0.3 is 14.6 Å². The predicted molar refractivity (Wildman–Crippen MR) is 111 cm³/mol. The number of carbonyl (C=O) groups excluding carboxylic acids is 1. The molecule has 0 saturated heterocycles. The van der Waals surface area contributed by atoms with Crippen molar-refractivity contribution in [1.29, 1.82) is 0 Å². The Morgan fingerprint density at radius 2 is 1.70 bits per heavy atom. The lowest BCUT2D eigenvalue weighted by Crippen LogP contribution is -2.33. The van der Waals surface area contributed by atoms with Crippen molar-refractivity contribution >= 4 is 5.91 Å². The minimum absolute atomic E-state index is 0.149. The van der Waals surface area contributed by atoms with Gasteiger partial charge in [-0.05, 0) is 42.0 Å². The normalized spacial score (nSPS) is 10.9. The molecule has 4 rings (SSSR count). The quantitative estimate of drug-likeness (QED) is 0.513. The molecule has 2 heterocycles. The van der Waals surface area contributed by atoms with E-state index in [1.54, 1.807) is 26.3 Å². The molecular weight excluding hydrogens is 383 g/mol. The molecule has 0 unspecified atom stereocenters. The van der Waals surface area contributed by atoms with Crippen molar-refractivity contribution in [1.82, 2.24) is 19.2 Å². The summed E-state index contributed by atoms with van der Waals surface area (Å²) < 4.78 is 16.8. The molecule has 0 spiro atoms. The van der Waals surface area contributed by atoms with E-state index in [2.05, 4.69) is 5.10 Å². The third kappa shape index (κ3) is 4.01. The maximum Gasteiger partial charge on any atom is 0.259 e. The Kier molecular flexibility index (Phi) is 5.72. The highest BCUT2D eigenvalue weighted by Gasteiger charge is 2.24. The highest BCUT2D eigenvalue weighted by molar-refractivity contribution is 5.97. The molecule has 0 aliphatic carbocycles. The van der Waals surface area contributed by atoms with E-state index in [-0.39, 0.29) is 24.9 Å². The molecule has 2 aromatic carbocycles. The lowest BCUT2D eigenvalue weighted by molar-refractivity contribution is 0.0708. The summed E-state index contributed by atoms with van der Waals surface area (Å²) in [5.74, 6) is -0.0423. The van der Waals surface area contributed by atoms with Crippen LogP contribution >= 0.6 is 0 Å². The van der Waals surface area contributed by atoms with E-state index in [4.69, 9.17) is 0 Å². The number of aromatic nitrogens is 3. The first kappa shape index (κ1) is 19.6. The molecule has 0 aliphatic heterocycles. The number of aliphatic hydroxyl groups excluding tert-OH is 1. The van der Waals surface area contributed by atoms with Gasteiger partial charge in [0.15, 0.2) is 5.82 Å². The number of carbonyl (C=O) groups is 1. The van der Waals surface area contributed by atoms with Gasteiger partial charge in [-0.1, -0.05) is 30.3 Å². The van der Waals surface area contributed by atoms with E-state index in [1.165, 1.54) is 18.3 Å². The van der Waals surface area contributed by atoms with E-state index in [1.807, 2.05) is 54.9 Å². The van der Waals surface area contributed by atoms with Crippen LogP contribution < -0.4 is 0 Å². The SMILES string of the molecule is O=C(c1cnn(-c2ccc(F)cc2)c1-n1cccc1)N(CCO)Cc1ccccc1. The number of hydrogen-bond donors (Lipinski definition) is 1. The zero-order valence-electron chi connectivity index (χ0n) is 16.2. The van der Waals surface area contributed by atoms with E-state index in [0.29, 0.717) is 23.6 Å². The summed E-state index contributed by atoms with van der Waals surface area (Å²) in [6.07, 6.45) is 5.15. The average Bonchev–Trinajstić information content (AvgIpc) is 3.44. The van der Waals surface area contributed by atoms with Crippen molar-refractivity contribution in [2.75, 3.05) is 13.2 Å². The summed E-state index contributed by atoms with van der Waals surface area (Å²) in [6.45, 7) is 0.414. The van der Waals surface area contributed by atoms with Gasteiger partial charge in [0.25, 0.3) is 5.91 Å². The topological polar surface area (TPSA) is 63.3 Å². The third-order valence-electron chi connectivity index (χ3n) is 4.77. The Labute approximate surface area is 173 Å². The van der Waals surface area contributed by atoms with E-state index < -0.39 is 0 Å². The molecule has 30 heavy (non-hydrogen) atoms. The number of aliphatic hydroxyl groups is 1. The zero-order chi connectivity index (χ0) is 20.9. The molecule has 1 N–H and O–H groups in total. The summed E-state index contributed by atoms with van der Waals surface area (Å²) in [5.41, 5.74) is 1.99. The summed E-state index contributed by atoms with van der Waals surface area (Å²) in [4.78, 5) is 15.0. The van der Waals surface area contributed by atoms with Crippen LogP contribution in [0.2, 0.25) is 0 Å². The van der Waals surface area contributed by atoms with Gasteiger partial charge in [0.1, 0.15) is 11.4 Å². The summed E-state index contributed by atoms with van der Waals surface area (Å²) in [5, 5.41) is 13.9. The number of benzene rings is 2. The second kappa shape index (κ2) is 8.75. The fourth-order valence-electron chi connectivity index (χ4n) is 3.34. The van der Waals surface area contributed by atoms with E-state index in [0.717, 1.165) is 5.56 Å². The van der Waals surface area contributed by atoms with Gasteiger partial charge in [0, 0.05) is 25.5 Å². The van der Waals surface area contributed by atoms with Crippen LogP contribution in [0.15, 0.2) is 85.3 Å². The van der Waals surface area contributed by atoms with Crippen LogP contribution in [0.5, 0.6) is 0 Å². The molecule has 0 radical (unpaired) electrons. The summed E-state index contributed by atoms with van der Waals surface area (Å²) >= 11 is 0. The van der Waals surface area contributed by atoms with Crippen LogP contribution in [0.25, 0.3) is 11.5 Å². The number of halogens is 1. The van der Waals surface area contributed by atoms with Gasteiger partial charge in [0.2, 0.25) is 0 Å². The Balaban J connectivity index is 1.75. The van der Waals surface area contributed by atoms with Crippen molar-refractivity contribution in [3.8, 4) is 11.5 Å². The Bertz CT molecular complexity index is 1110. The molecule has 6 nitrogen and oxygen atoms in total. The fraction of sp³-hybridized carbons (Fsp3) is 0.130. The molecule has 0 fully saturated rings. The second-order valence-corrected chi connectivity index (χ2v) is 6.80. The van der Waals surface area contributed by atoms with E-state index >= 15 is 0 Å². The number of rotatable bonds is 7. The second-order valence-electron chi connectivity index (χ2n) is 6.80. The molecule has 1 amide bonds. The highest BCUT2D eigenvalue weighted by atomic mass is 19.1. The predicted octanol–water partition coefficient (Wildman–Crippen LogP) is 3.44. The molecule has 4 aromatic rings. The average molecular weight is 404 g/mol. The lowest BCUT2D eigenvalue weighted by Gasteiger charge is -2.22. The van der Waals surface area contributed by atoms with Gasteiger partial charge in [-0.25, -0.2) is 9.07 Å². The Morgan fingerprint density at radius 1 is 1.00 bits per heavy atom. The van der Waals surface area contributed by atoms with Crippen LogP contribution in [0.4, 0.5) is 4.39 Å². The van der Waals surface area contributed by atoms with Crippen LogP contribution in [-0.4, -0.2) is 43.4 Å². The molecule has 152 valence electrons.